The molecule has 264 valence electrons. The van der Waals surface area contributed by atoms with E-state index in [9.17, 15) is 0 Å². The number of hydrogen-bond donors (Lipinski definition) is 0. The molecule has 9 aromatic carbocycles. The summed E-state index contributed by atoms with van der Waals surface area (Å²) in [5.74, 6) is 0. The summed E-state index contributed by atoms with van der Waals surface area (Å²) in [7, 11) is 0. The van der Waals surface area contributed by atoms with Crippen molar-refractivity contribution in [2.24, 2.45) is 0 Å². The monoisotopic (exact) mass is 730 g/mol. The van der Waals surface area contributed by atoms with Crippen molar-refractivity contribution in [2.75, 3.05) is 0 Å². The van der Waals surface area contributed by atoms with Crippen molar-refractivity contribution in [1.29, 1.82) is 0 Å². The summed E-state index contributed by atoms with van der Waals surface area (Å²) in [5, 5.41) is 13.3. The lowest BCUT2D eigenvalue weighted by molar-refractivity contribution is 0.667. The summed E-state index contributed by atoms with van der Waals surface area (Å²) >= 11 is 1.91. The van der Waals surface area contributed by atoms with Gasteiger partial charge in [0.2, 0.25) is 0 Å². The molecule has 0 aliphatic heterocycles. The minimum Gasteiger partial charge on any atom is -0.135 e. The first-order chi connectivity index (χ1) is 27.6. The van der Waals surface area contributed by atoms with E-state index in [1.807, 2.05) is 11.3 Å². The van der Waals surface area contributed by atoms with Crippen molar-refractivity contribution in [3.8, 4) is 33.4 Å². The molecule has 0 amide bonds. The Hall–Kier alpha value is -6.28. The SMILES string of the molecule is CC1(C)c2ccc(-c3c4ccccc4c(-c4ccc(C5=CC=CCC5)c5ccccc45)c4ccccc34)cc2-c2ccc3ccc4sc5ccccc5c4c3c21. The lowest BCUT2D eigenvalue weighted by Crippen LogP contribution is -2.15. The van der Waals surface area contributed by atoms with Gasteiger partial charge < -0.3 is 0 Å². The van der Waals surface area contributed by atoms with E-state index < -0.39 is 0 Å². The number of thiophene rings is 1. The van der Waals surface area contributed by atoms with E-state index in [1.54, 1.807) is 0 Å². The number of hydrogen-bond acceptors (Lipinski definition) is 1. The summed E-state index contributed by atoms with van der Waals surface area (Å²) in [6, 6.07) is 57.6. The Morgan fingerprint density at radius 2 is 1.09 bits per heavy atom. The third kappa shape index (κ3) is 4.41. The van der Waals surface area contributed by atoms with E-state index in [4.69, 9.17) is 0 Å². The summed E-state index contributed by atoms with van der Waals surface area (Å²) in [4.78, 5) is 0. The van der Waals surface area contributed by atoms with Gasteiger partial charge in [-0.15, -0.1) is 11.3 Å². The lowest BCUT2D eigenvalue weighted by Gasteiger charge is -2.24. The van der Waals surface area contributed by atoms with E-state index in [0.29, 0.717) is 0 Å². The Morgan fingerprint density at radius 3 is 1.80 bits per heavy atom. The van der Waals surface area contributed by atoms with Gasteiger partial charge in [0.05, 0.1) is 0 Å². The lowest BCUT2D eigenvalue weighted by atomic mass is 9.79. The van der Waals surface area contributed by atoms with Crippen LogP contribution < -0.4 is 0 Å². The topological polar surface area (TPSA) is 0 Å². The van der Waals surface area contributed by atoms with E-state index >= 15 is 0 Å². The Bertz CT molecular complexity index is 3330. The van der Waals surface area contributed by atoms with Gasteiger partial charge in [-0.05, 0) is 130 Å². The van der Waals surface area contributed by atoms with Crippen molar-refractivity contribution in [1.82, 2.24) is 0 Å². The third-order valence-corrected chi connectivity index (χ3v) is 14.0. The summed E-state index contributed by atoms with van der Waals surface area (Å²) in [6.45, 7) is 4.86. The second kappa shape index (κ2) is 11.9. The Labute approximate surface area is 330 Å². The highest BCUT2D eigenvalue weighted by molar-refractivity contribution is 7.26. The van der Waals surface area contributed by atoms with Gasteiger partial charge in [-0.1, -0.05) is 166 Å². The van der Waals surface area contributed by atoms with Gasteiger partial charge in [-0.2, -0.15) is 0 Å². The smallest absolute Gasteiger partial charge is 0.0361 e. The third-order valence-electron chi connectivity index (χ3n) is 12.9. The maximum Gasteiger partial charge on any atom is 0.0361 e. The fourth-order valence-corrected chi connectivity index (χ4v) is 11.6. The summed E-state index contributed by atoms with van der Waals surface area (Å²) in [6.07, 6.45) is 8.96. The van der Waals surface area contributed by atoms with Crippen LogP contribution in [0.4, 0.5) is 0 Å². The fraction of sp³-hybridized carbons (Fsp3) is 0.0909. The van der Waals surface area contributed by atoms with Crippen LogP contribution in [0.3, 0.4) is 0 Å². The molecule has 56 heavy (non-hydrogen) atoms. The molecule has 0 nitrogen and oxygen atoms in total. The second-order valence-electron chi connectivity index (χ2n) is 16.2. The zero-order chi connectivity index (χ0) is 37.1. The molecule has 0 unspecified atom stereocenters. The molecule has 2 aliphatic carbocycles. The standard InChI is InChI=1S/C55H38S/c1-55(2)47-30-25-35(32-46(47)44-27-24-34-26-31-49-53(51(34)54(44)55)45-22-12-13-23-48(45)56-49)50-39-18-8-10-20-41(39)52(42-21-11-9-19-40(42)50)43-29-28-36(33-14-4-3-5-15-33)37-16-6-7-17-38(37)43/h3-4,6-14,16-32H,5,15H2,1-2H3. The largest absolute Gasteiger partial charge is 0.135 e. The maximum atomic E-state index is 2.50. The average molecular weight is 731 g/mol. The number of benzene rings is 9. The molecule has 1 aromatic heterocycles. The van der Waals surface area contributed by atoms with Crippen LogP contribution in [0.1, 0.15) is 43.4 Å². The minimum atomic E-state index is -0.148. The second-order valence-corrected chi connectivity index (χ2v) is 17.3. The molecule has 0 fully saturated rings. The van der Waals surface area contributed by atoms with Crippen molar-refractivity contribution in [3.05, 3.63) is 187 Å². The molecule has 2 aliphatic rings. The average Bonchev–Trinajstić information content (AvgIpc) is 3.74. The zero-order valence-electron chi connectivity index (χ0n) is 31.5. The van der Waals surface area contributed by atoms with Crippen molar-refractivity contribution >= 4 is 80.2 Å². The van der Waals surface area contributed by atoms with Crippen LogP contribution in [0, 0.1) is 0 Å². The van der Waals surface area contributed by atoms with Crippen molar-refractivity contribution < 1.29 is 0 Å². The normalized spacial score (nSPS) is 14.6. The molecular weight excluding hydrogens is 693 g/mol. The molecule has 0 spiro atoms. The highest BCUT2D eigenvalue weighted by atomic mass is 32.1. The van der Waals surface area contributed by atoms with E-state index in [-0.39, 0.29) is 5.41 Å². The van der Waals surface area contributed by atoms with Gasteiger partial charge in [-0.25, -0.2) is 0 Å². The Balaban J connectivity index is 1.11. The maximum absolute atomic E-state index is 2.50. The molecule has 0 saturated carbocycles. The van der Waals surface area contributed by atoms with Crippen LogP contribution in [-0.4, -0.2) is 0 Å². The zero-order valence-corrected chi connectivity index (χ0v) is 32.3. The predicted octanol–water partition coefficient (Wildman–Crippen LogP) is 16.0. The minimum absolute atomic E-state index is 0.148. The highest BCUT2D eigenvalue weighted by Crippen LogP contribution is 2.55. The molecule has 0 bridgehead atoms. The van der Waals surface area contributed by atoms with Crippen LogP contribution in [0.2, 0.25) is 0 Å². The van der Waals surface area contributed by atoms with Crippen LogP contribution >= 0.6 is 11.3 Å². The van der Waals surface area contributed by atoms with E-state index in [0.717, 1.165) is 12.8 Å². The molecule has 0 saturated heterocycles. The summed E-state index contributed by atoms with van der Waals surface area (Å²) < 4.78 is 2.72. The first-order valence-corrected chi connectivity index (χ1v) is 20.7. The van der Waals surface area contributed by atoms with E-state index in [2.05, 4.69) is 184 Å². The molecular formula is C55H38S. The van der Waals surface area contributed by atoms with Gasteiger partial charge in [0.25, 0.3) is 0 Å². The molecule has 10 aromatic rings. The van der Waals surface area contributed by atoms with Crippen LogP contribution in [0.15, 0.2) is 170 Å². The molecule has 1 heterocycles. The van der Waals surface area contributed by atoms with Gasteiger partial charge in [0, 0.05) is 25.6 Å². The van der Waals surface area contributed by atoms with Gasteiger partial charge in [-0.3, -0.25) is 0 Å². The van der Waals surface area contributed by atoms with Crippen molar-refractivity contribution in [2.45, 2.75) is 32.1 Å². The number of allylic oxidation sites excluding steroid dienone is 4. The first kappa shape index (κ1) is 32.0. The summed E-state index contributed by atoms with van der Waals surface area (Å²) in [5.41, 5.74) is 13.4. The quantitative estimate of drug-likeness (QED) is 0.159. The molecule has 1 heteroatoms. The number of fused-ring (bicyclic) bond motifs is 12. The van der Waals surface area contributed by atoms with E-state index in [1.165, 1.54) is 119 Å². The predicted molar refractivity (Wildman–Crippen MR) is 244 cm³/mol. The van der Waals surface area contributed by atoms with Crippen molar-refractivity contribution in [3.63, 3.8) is 0 Å². The van der Waals surface area contributed by atoms with Crippen LogP contribution in [0.5, 0.6) is 0 Å². The molecule has 0 atom stereocenters. The number of rotatable bonds is 3. The fourth-order valence-electron chi connectivity index (χ4n) is 10.5. The Kier molecular flexibility index (Phi) is 6.78. The highest BCUT2D eigenvalue weighted by Gasteiger charge is 2.38. The molecule has 0 N–H and O–H groups in total. The van der Waals surface area contributed by atoms with Gasteiger partial charge >= 0.3 is 0 Å². The Morgan fingerprint density at radius 1 is 0.482 bits per heavy atom. The van der Waals surface area contributed by atoms with Gasteiger partial charge in [0.15, 0.2) is 0 Å². The molecule has 0 radical (unpaired) electrons. The van der Waals surface area contributed by atoms with Crippen LogP contribution in [-0.2, 0) is 5.41 Å². The van der Waals surface area contributed by atoms with Gasteiger partial charge in [0.1, 0.15) is 0 Å². The van der Waals surface area contributed by atoms with Crippen LogP contribution in [0.25, 0.3) is 102 Å². The first-order valence-electron chi connectivity index (χ1n) is 19.9. The molecule has 12 rings (SSSR count).